The van der Waals surface area contributed by atoms with Gasteiger partial charge in [0.05, 0.1) is 0 Å². The second-order valence-electron chi connectivity index (χ2n) is 7.11. The number of aromatic nitrogens is 2. The van der Waals surface area contributed by atoms with Crippen LogP contribution in [-0.2, 0) is 17.8 Å². The van der Waals surface area contributed by atoms with Gasteiger partial charge in [-0.1, -0.05) is 23.7 Å². The molecule has 1 aliphatic heterocycles. The normalized spacial score (nSPS) is 14.9. The number of amides is 1. The maximum absolute atomic E-state index is 12.3. The Hall–Kier alpha value is -2.51. The quantitative estimate of drug-likeness (QED) is 0.643. The van der Waals surface area contributed by atoms with Gasteiger partial charge in [-0.25, -0.2) is 0 Å². The van der Waals surface area contributed by atoms with E-state index >= 15 is 0 Å². The number of hydrogen-bond acceptors (Lipinski definition) is 6. The molecule has 1 aliphatic rings. The molecule has 3 heterocycles. The van der Waals surface area contributed by atoms with Crippen molar-refractivity contribution in [1.82, 2.24) is 15.0 Å². The van der Waals surface area contributed by atoms with Crippen molar-refractivity contribution in [1.29, 1.82) is 0 Å². The van der Waals surface area contributed by atoms with E-state index in [-0.39, 0.29) is 5.91 Å². The van der Waals surface area contributed by atoms with Crippen molar-refractivity contribution < 1.29 is 9.32 Å². The number of nitrogens with one attached hydrogen (secondary N) is 1. The van der Waals surface area contributed by atoms with Crippen molar-refractivity contribution >= 4 is 22.9 Å². The van der Waals surface area contributed by atoms with Crippen LogP contribution in [0, 0.1) is 0 Å². The SMILES string of the molecule is O=C(CCc1nc(-c2ccsc2)no1)Nc1cccc(CN2CCCCC2)c1. The summed E-state index contributed by atoms with van der Waals surface area (Å²) < 4.78 is 5.25. The monoisotopic (exact) mass is 396 g/mol. The van der Waals surface area contributed by atoms with Crippen molar-refractivity contribution in [3.05, 3.63) is 52.5 Å². The molecule has 0 bridgehead atoms. The highest BCUT2D eigenvalue weighted by Crippen LogP contribution is 2.19. The van der Waals surface area contributed by atoms with Gasteiger partial charge in [0.2, 0.25) is 17.6 Å². The van der Waals surface area contributed by atoms with Crippen LogP contribution in [0.15, 0.2) is 45.6 Å². The molecule has 0 saturated carbocycles. The van der Waals surface area contributed by atoms with Gasteiger partial charge in [0.25, 0.3) is 0 Å². The van der Waals surface area contributed by atoms with Gasteiger partial charge in [-0.2, -0.15) is 16.3 Å². The summed E-state index contributed by atoms with van der Waals surface area (Å²) in [6, 6.07) is 10.1. The van der Waals surface area contributed by atoms with Gasteiger partial charge in [-0.15, -0.1) is 0 Å². The number of aryl methyl sites for hydroxylation is 1. The summed E-state index contributed by atoms with van der Waals surface area (Å²) in [6.07, 6.45) is 4.62. The van der Waals surface area contributed by atoms with Crippen LogP contribution in [0.3, 0.4) is 0 Å². The second-order valence-corrected chi connectivity index (χ2v) is 7.89. The fourth-order valence-corrected chi connectivity index (χ4v) is 4.07. The molecular formula is C21H24N4O2S. The summed E-state index contributed by atoms with van der Waals surface area (Å²) >= 11 is 1.59. The molecule has 146 valence electrons. The Kier molecular flexibility index (Phi) is 6.14. The number of nitrogens with zero attached hydrogens (tertiary/aromatic N) is 3. The minimum absolute atomic E-state index is 0.0506. The molecule has 0 atom stereocenters. The van der Waals surface area contributed by atoms with Crippen molar-refractivity contribution in [2.24, 2.45) is 0 Å². The molecule has 1 amide bonds. The Bertz CT molecular complexity index is 901. The molecule has 3 aromatic rings. The average Bonchev–Trinajstić information content (AvgIpc) is 3.39. The number of carbonyl (C=O) groups is 1. The lowest BCUT2D eigenvalue weighted by molar-refractivity contribution is -0.116. The van der Waals surface area contributed by atoms with Crippen LogP contribution in [-0.4, -0.2) is 34.0 Å². The van der Waals surface area contributed by atoms with Crippen LogP contribution in [0.2, 0.25) is 0 Å². The smallest absolute Gasteiger partial charge is 0.227 e. The maximum atomic E-state index is 12.3. The van der Waals surface area contributed by atoms with E-state index in [0.717, 1.165) is 30.9 Å². The lowest BCUT2D eigenvalue weighted by Crippen LogP contribution is -2.29. The van der Waals surface area contributed by atoms with E-state index in [9.17, 15) is 4.79 Å². The summed E-state index contributed by atoms with van der Waals surface area (Å²) in [6.45, 7) is 3.26. The molecule has 2 aromatic heterocycles. The highest BCUT2D eigenvalue weighted by atomic mass is 32.1. The fraction of sp³-hybridized carbons (Fsp3) is 0.381. The topological polar surface area (TPSA) is 71.3 Å². The summed E-state index contributed by atoms with van der Waals surface area (Å²) in [5, 5.41) is 10.9. The van der Waals surface area contributed by atoms with Gasteiger partial charge < -0.3 is 9.84 Å². The van der Waals surface area contributed by atoms with Crippen molar-refractivity contribution in [3.63, 3.8) is 0 Å². The van der Waals surface area contributed by atoms with Crippen LogP contribution in [0.1, 0.15) is 37.1 Å². The Morgan fingerprint density at radius 2 is 2.11 bits per heavy atom. The number of rotatable bonds is 7. The molecule has 0 radical (unpaired) electrons. The van der Waals surface area contributed by atoms with E-state index < -0.39 is 0 Å². The third kappa shape index (κ3) is 5.05. The number of anilines is 1. The Morgan fingerprint density at radius 1 is 1.21 bits per heavy atom. The first-order valence-electron chi connectivity index (χ1n) is 9.72. The van der Waals surface area contributed by atoms with E-state index in [2.05, 4.69) is 32.5 Å². The van der Waals surface area contributed by atoms with Crippen LogP contribution < -0.4 is 5.32 Å². The standard InChI is InChI=1S/C21H24N4O2S/c26-19(7-8-20-23-21(24-27-20)17-9-12-28-15-17)22-18-6-4-5-16(13-18)14-25-10-2-1-3-11-25/h4-6,9,12-13,15H,1-3,7-8,10-11,14H2,(H,22,26). The summed E-state index contributed by atoms with van der Waals surface area (Å²) in [4.78, 5) is 19.1. The highest BCUT2D eigenvalue weighted by Gasteiger charge is 2.13. The number of carbonyl (C=O) groups excluding carboxylic acids is 1. The molecule has 0 unspecified atom stereocenters. The van der Waals surface area contributed by atoms with Gasteiger partial charge in [0.1, 0.15) is 0 Å². The molecular weight excluding hydrogens is 372 g/mol. The molecule has 7 heteroatoms. The lowest BCUT2D eigenvalue weighted by atomic mass is 10.1. The molecule has 1 saturated heterocycles. The molecule has 28 heavy (non-hydrogen) atoms. The molecule has 0 spiro atoms. The summed E-state index contributed by atoms with van der Waals surface area (Å²) in [5.74, 6) is 1.00. The van der Waals surface area contributed by atoms with Crippen LogP contribution in [0.5, 0.6) is 0 Å². The predicted octanol–water partition coefficient (Wildman–Crippen LogP) is 4.36. The predicted molar refractivity (Wildman–Crippen MR) is 110 cm³/mol. The van der Waals surface area contributed by atoms with E-state index in [0.29, 0.717) is 24.6 Å². The van der Waals surface area contributed by atoms with E-state index in [1.807, 2.05) is 29.0 Å². The number of likely N-dealkylation sites (tertiary alicyclic amines) is 1. The molecule has 1 fully saturated rings. The zero-order valence-electron chi connectivity index (χ0n) is 15.8. The van der Waals surface area contributed by atoms with Crippen LogP contribution in [0.25, 0.3) is 11.4 Å². The van der Waals surface area contributed by atoms with Crippen molar-refractivity contribution in [3.8, 4) is 11.4 Å². The summed E-state index contributed by atoms with van der Waals surface area (Å²) in [7, 11) is 0. The van der Waals surface area contributed by atoms with E-state index in [1.54, 1.807) is 11.3 Å². The number of hydrogen-bond donors (Lipinski definition) is 1. The largest absolute Gasteiger partial charge is 0.339 e. The van der Waals surface area contributed by atoms with Gasteiger partial charge in [0.15, 0.2) is 0 Å². The zero-order chi connectivity index (χ0) is 19.2. The Balaban J connectivity index is 1.28. The Morgan fingerprint density at radius 3 is 2.93 bits per heavy atom. The maximum Gasteiger partial charge on any atom is 0.227 e. The van der Waals surface area contributed by atoms with Crippen molar-refractivity contribution in [2.75, 3.05) is 18.4 Å². The first-order chi connectivity index (χ1) is 13.8. The van der Waals surface area contributed by atoms with Crippen LogP contribution in [0.4, 0.5) is 5.69 Å². The minimum Gasteiger partial charge on any atom is -0.339 e. The van der Waals surface area contributed by atoms with E-state index in [4.69, 9.17) is 4.52 Å². The second kappa shape index (κ2) is 9.12. The number of benzene rings is 1. The lowest BCUT2D eigenvalue weighted by Gasteiger charge is -2.26. The Labute approximate surface area is 168 Å². The molecule has 1 N–H and O–H groups in total. The van der Waals surface area contributed by atoms with E-state index in [1.165, 1.54) is 24.8 Å². The third-order valence-corrected chi connectivity index (χ3v) is 5.56. The highest BCUT2D eigenvalue weighted by molar-refractivity contribution is 7.08. The fourth-order valence-electron chi connectivity index (χ4n) is 3.43. The van der Waals surface area contributed by atoms with Gasteiger partial charge in [-0.05, 0) is 55.1 Å². The van der Waals surface area contributed by atoms with Gasteiger partial charge >= 0.3 is 0 Å². The number of thiophene rings is 1. The summed E-state index contributed by atoms with van der Waals surface area (Å²) in [5.41, 5.74) is 3.01. The zero-order valence-corrected chi connectivity index (χ0v) is 16.6. The van der Waals surface area contributed by atoms with Gasteiger partial charge in [-0.3, -0.25) is 9.69 Å². The molecule has 1 aromatic carbocycles. The minimum atomic E-state index is -0.0506. The molecule has 4 rings (SSSR count). The van der Waals surface area contributed by atoms with Crippen LogP contribution >= 0.6 is 11.3 Å². The van der Waals surface area contributed by atoms with Gasteiger partial charge in [0, 0.05) is 36.0 Å². The average molecular weight is 397 g/mol. The molecule has 0 aliphatic carbocycles. The molecule has 6 nitrogen and oxygen atoms in total. The first-order valence-corrected chi connectivity index (χ1v) is 10.7. The third-order valence-electron chi connectivity index (χ3n) is 4.88. The van der Waals surface area contributed by atoms with Crippen molar-refractivity contribution in [2.45, 2.75) is 38.6 Å². The first kappa shape index (κ1) is 18.8. The number of piperidine rings is 1.